The van der Waals surface area contributed by atoms with Crippen LogP contribution in [-0.2, 0) is 0 Å². The van der Waals surface area contributed by atoms with Crippen LogP contribution in [-0.4, -0.2) is 25.7 Å². The summed E-state index contributed by atoms with van der Waals surface area (Å²) in [7, 11) is 0. The molecule has 0 aliphatic rings. The number of carbonyl (C=O) groups is 1. The first-order valence-corrected chi connectivity index (χ1v) is 5.98. The Balaban J connectivity index is 2.02. The molecule has 3 rings (SSSR count). The van der Waals surface area contributed by atoms with Gasteiger partial charge in [0, 0.05) is 11.3 Å². The monoisotopic (exact) mass is 268 g/mol. The zero-order valence-electron chi connectivity index (χ0n) is 10.7. The Morgan fingerprint density at radius 1 is 1.35 bits per heavy atom. The molecule has 0 aliphatic carbocycles. The number of anilines is 3. The van der Waals surface area contributed by atoms with Crippen LogP contribution < -0.4 is 11.1 Å². The van der Waals surface area contributed by atoms with E-state index in [1.807, 2.05) is 6.07 Å². The van der Waals surface area contributed by atoms with Crippen LogP contribution in [0.4, 0.5) is 17.5 Å². The highest BCUT2D eigenvalue weighted by atomic mass is 16.1. The van der Waals surface area contributed by atoms with Crippen molar-refractivity contribution < 1.29 is 4.79 Å². The molecular formula is C13H12N6O. The summed E-state index contributed by atoms with van der Waals surface area (Å²) in [6.07, 6.45) is 1.52. The average molecular weight is 268 g/mol. The van der Waals surface area contributed by atoms with Crippen molar-refractivity contribution in [2.24, 2.45) is 0 Å². The van der Waals surface area contributed by atoms with Crippen LogP contribution in [0.1, 0.15) is 17.3 Å². The molecule has 0 unspecified atom stereocenters. The van der Waals surface area contributed by atoms with Gasteiger partial charge in [0.1, 0.15) is 5.52 Å². The summed E-state index contributed by atoms with van der Waals surface area (Å²) in [5.74, 6) is 0.656. The number of Topliss-reactive ketones (excluding diaryl/α,β-unsaturated/α-hetero) is 1. The molecule has 4 N–H and O–H groups in total. The van der Waals surface area contributed by atoms with Crippen molar-refractivity contribution in [2.75, 3.05) is 11.1 Å². The molecule has 7 heteroatoms. The molecule has 1 aromatic carbocycles. The number of imidazole rings is 1. The summed E-state index contributed by atoms with van der Waals surface area (Å²) in [4.78, 5) is 26.5. The van der Waals surface area contributed by atoms with E-state index in [2.05, 4.69) is 25.3 Å². The summed E-state index contributed by atoms with van der Waals surface area (Å²) in [6.45, 7) is 1.52. The quantitative estimate of drug-likeness (QED) is 0.626. The maximum absolute atomic E-state index is 11.4. The molecule has 100 valence electrons. The van der Waals surface area contributed by atoms with Crippen LogP contribution in [0, 0.1) is 0 Å². The number of H-pyrrole nitrogens is 1. The van der Waals surface area contributed by atoms with Crippen molar-refractivity contribution in [2.45, 2.75) is 6.92 Å². The third-order valence-electron chi connectivity index (χ3n) is 2.83. The summed E-state index contributed by atoms with van der Waals surface area (Å²) < 4.78 is 0. The van der Waals surface area contributed by atoms with Crippen LogP contribution in [0.25, 0.3) is 11.2 Å². The number of nitrogens with one attached hydrogen (secondary N) is 2. The second-order valence-corrected chi connectivity index (χ2v) is 4.29. The fourth-order valence-electron chi connectivity index (χ4n) is 1.89. The van der Waals surface area contributed by atoms with Gasteiger partial charge in [-0.3, -0.25) is 4.79 Å². The number of hydrogen-bond acceptors (Lipinski definition) is 6. The van der Waals surface area contributed by atoms with Crippen molar-refractivity contribution in [1.29, 1.82) is 0 Å². The van der Waals surface area contributed by atoms with E-state index >= 15 is 0 Å². The van der Waals surface area contributed by atoms with Gasteiger partial charge in [0.2, 0.25) is 5.95 Å². The van der Waals surface area contributed by atoms with Crippen molar-refractivity contribution in [3.63, 3.8) is 0 Å². The number of hydrogen-bond donors (Lipinski definition) is 3. The second-order valence-electron chi connectivity index (χ2n) is 4.29. The highest BCUT2D eigenvalue weighted by Crippen LogP contribution is 2.22. The number of nitrogens with two attached hydrogens (primary N) is 1. The standard InChI is InChI=1S/C13H12N6O/c1-7(20)8-3-2-4-9(5-8)17-12-10-11(16-6-15-10)18-13(14)19-12/h2-6H,1H3,(H4,14,15,16,17,18,19). The lowest BCUT2D eigenvalue weighted by molar-refractivity contribution is 0.101. The van der Waals surface area contributed by atoms with Crippen molar-refractivity contribution >= 4 is 34.4 Å². The van der Waals surface area contributed by atoms with E-state index in [-0.39, 0.29) is 11.7 Å². The summed E-state index contributed by atoms with van der Waals surface area (Å²) in [5, 5.41) is 3.11. The summed E-state index contributed by atoms with van der Waals surface area (Å²) in [5.41, 5.74) is 8.16. The number of carbonyl (C=O) groups excluding carboxylic acids is 1. The largest absolute Gasteiger partial charge is 0.368 e. The molecule has 3 aromatic rings. The number of fused-ring (bicyclic) bond motifs is 1. The number of nitrogen functional groups attached to an aromatic ring is 1. The molecule has 0 saturated carbocycles. The van der Waals surface area contributed by atoms with E-state index in [1.54, 1.807) is 18.2 Å². The van der Waals surface area contributed by atoms with Crippen LogP contribution in [0.15, 0.2) is 30.6 Å². The van der Waals surface area contributed by atoms with Crippen LogP contribution in [0.2, 0.25) is 0 Å². The molecule has 2 heterocycles. The van der Waals surface area contributed by atoms with Gasteiger partial charge in [-0.15, -0.1) is 0 Å². The summed E-state index contributed by atoms with van der Waals surface area (Å²) in [6, 6.07) is 7.15. The Labute approximate surface area is 114 Å². The molecular weight excluding hydrogens is 256 g/mol. The topological polar surface area (TPSA) is 110 Å². The van der Waals surface area contributed by atoms with Gasteiger partial charge in [-0.05, 0) is 19.1 Å². The Morgan fingerprint density at radius 2 is 2.20 bits per heavy atom. The van der Waals surface area contributed by atoms with Gasteiger partial charge in [-0.25, -0.2) is 4.98 Å². The smallest absolute Gasteiger partial charge is 0.224 e. The molecule has 0 saturated heterocycles. The maximum atomic E-state index is 11.4. The zero-order chi connectivity index (χ0) is 14.1. The highest BCUT2D eigenvalue weighted by molar-refractivity contribution is 5.95. The van der Waals surface area contributed by atoms with E-state index < -0.39 is 0 Å². The minimum Gasteiger partial charge on any atom is -0.368 e. The Hall–Kier alpha value is -2.96. The minimum atomic E-state index is 0.00235. The van der Waals surface area contributed by atoms with Crippen molar-refractivity contribution in [1.82, 2.24) is 19.9 Å². The number of benzene rings is 1. The maximum Gasteiger partial charge on any atom is 0.224 e. The molecule has 7 nitrogen and oxygen atoms in total. The minimum absolute atomic E-state index is 0.00235. The van der Waals surface area contributed by atoms with Gasteiger partial charge in [0.05, 0.1) is 6.33 Å². The van der Waals surface area contributed by atoms with Gasteiger partial charge < -0.3 is 16.0 Å². The molecule has 0 fully saturated rings. The molecule has 0 aliphatic heterocycles. The lowest BCUT2D eigenvalue weighted by atomic mass is 10.1. The molecule has 0 spiro atoms. The van der Waals surface area contributed by atoms with Gasteiger partial charge >= 0.3 is 0 Å². The Bertz CT molecular complexity index is 794. The van der Waals surface area contributed by atoms with E-state index in [1.165, 1.54) is 13.3 Å². The Kier molecular flexibility index (Phi) is 2.79. The first-order valence-electron chi connectivity index (χ1n) is 5.98. The van der Waals surface area contributed by atoms with Crippen LogP contribution in [0.5, 0.6) is 0 Å². The third-order valence-corrected chi connectivity index (χ3v) is 2.83. The second kappa shape index (κ2) is 4.61. The highest BCUT2D eigenvalue weighted by Gasteiger charge is 2.09. The lowest BCUT2D eigenvalue weighted by Crippen LogP contribution is -2.02. The zero-order valence-corrected chi connectivity index (χ0v) is 10.7. The third kappa shape index (κ3) is 2.16. The first kappa shape index (κ1) is 12.1. The molecule has 2 aromatic heterocycles. The number of nitrogens with zero attached hydrogens (tertiary/aromatic N) is 3. The van der Waals surface area contributed by atoms with E-state index in [9.17, 15) is 4.79 Å². The van der Waals surface area contributed by atoms with Crippen molar-refractivity contribution in [3.8, 4) is 0 Å². The molecule has 20 heavy (non-hydrogen) atoms. The molecule has 0 radical (unpaired) electrons. The fourth-order valence-corrected chi connectivity index (χ4v) is 1.89. The van der Waals surface area contributed by atoms with Gasteiger partial charge in [0.15, 0.2) is 17.2 Å². The fraction of sp³-hybridized carbons (Fsp3) is 0.0769. The first-order chi connectivity index (χ1) is 9.63. The van der Waals surface area contributed by atoms with Crippen molar-refractivity contribution in [3.05, 3.63) is 36.2 Å². The summed E-state index contributed by atoms with van der Waals surface area (Å²) >= 11 is 0. The number of ketones is 1. The number of rotatable bonds is 3. The van der Waals surface area contributed by atoms with E-state index in [4.69, 9.17) is 5.73 Å². The predicted molar refractivity (Wildman–Crippen MR) is 75.8 cm³/mol. The molecule has 0 atom stereocenters. The van der Waals surface area contributed by atoms with Crippen LogP contribution >= 0.6 is 0 Å². The van der Waals surface area contributed by atoms with E-state index in [0.29, 0.717) is 22.5 Å². The van der Waals surface area contributed by atoms with Gasteiger partial charge in [-0.2, -0.15) is 9.97 Å². The van der Waals surface area contributed by atoms with Gasteiger partial charge in [-0.1, -0.05) is 12.1 Å². The predicted octanol–water partition coefficient (Wildman–Crippen LogP) is 1.88. The molecule has 0 bridgehead atoms. The normalized spacial score (nSPS) is 10.7. The molecule has 0 amide bonds. The number of aromatic amines is 1. The van der Waals surface area contributed by atoms with E-state index in [0.717, 1.165) is 5.69 Å². The van der Waals surface area contributed by atoms with Gasteiger partial charge in [0.25, 0.3) is 0 Å². The lowest BCUT2D eigenvalue weighted by Gasteiger charge is -2.07. The van der Waals surface area contributed by atoms with Crippen LogP contribution in [0.3, 0.4) is 0 Å². The number of aromatic nitrogens is 4. The Morgan fingerprint density at radius 3 is 3.00 bits per heavy atom. The average Bonchev–Trinajstić information content (AvgIpc) is 2.87. The SMILES string of the molecule is CC(=O)c1cccc(Nc2nc(N)nc3nc[nH]c23)c1.